The van der Waals surface area contributed by atoms with Crippen molar-refractivity contribution in [3.05, 3.63) is 10.6 Å². The minimum absolute atomic E-state index is 0.158. The Morgan fingerprint density at radius 1 is 1.40 bits per heavy atom. The maximum atomic E-state index is 4.28. The van der Waals surface area contributed by atoms with Crippen LogP contribution in [0.25, 0.3) is 0 Å². The molecule has 1 heterocycles. The van der Waals surface area contributed by atoms with E-state index in [0.29, 0.717) is 5.41 Å². The quantitative estimate of drug-likeness (QED) is 0.858. The summed E-state index contributed by atoms with van der Waals surface area (Å²) in [5.74, 6) is 0. The van der Waals surface area contributed by atoms with E-state index in [-0.39, 0.29) is 5.54 Å². The van der Waals surface area contributed by atoms with Crippen molar-refractivity contribution in [1.29, 1.82) is 0 Å². The van der Waals surface area contributed by atoms with Gasteiger partial charge >= 0.3 is 0 Å². The summed E-state index contributed by atoms with van der Waals surface area (Å²) in [6, 6.07) is 0. The Morgan fingerprint density at radius 2 is 2.07 bits per heavy atom. The molecule has 1 saturated carbocycles. The molecule has 0 amide bonds. The lowest BCUT2D eigenvalue weighted by Crippen LogP contribution is -2.35. The summed E-state index contributed by atoms with van der Waals surface area (Å²) in [7, 11) is 0. The van der Waals surface area contributed by atoms with Gasteiger partial charge in [0.05, 0.1) is 10.6 Å². The van der Waals surface area contributed by atoms with E-state index in [4.69, 9.17) is 0 Å². The number of nitrogens with one attached hydrogen (secondary N) is 1. The maximum Gasteiger partial charge on any atom is 0.0859 e. The first kappa shape index (κ1) is 11.0. The molecule has 2 rings (SSSR count). The Balaban J connectivity index is 2.06. The second-order valence-electron chi connectivity index (χ2n) is 5.71. The number of nitrogens with zero attached hydrogens (tertiary/aromatic N) is 2. The molecular formula is C11H19N3S. The number of hydrogen-bond donors (Lipinski definition) is 1. The van der Waals surface area contributed by atoms with E-state index in [2.05, 4.69) is 42.6 Å². The van der Waals surface area contributed by atoms with Crippen molar-refractivity contribution < 1.29 is 0 Å². The molecule has 1 aromatic heterocycles. The Labute approximate surface area is 95.4 Å². The van der Waals surface area contributed by atoms with Gasteiger partial charge in [0.1, 0.15) is 0 Å². The van der Waals surface area contributed by atoms with Crippen LogP contribution in [0.15, 0.2) is 0 Å². The van der Waals surface area contributed by atoms with Gasteiger partial charge in [0.15, 0.2) is 0 Å². The number of hydrogen-bond acceptors (Lipinski definition) is 4. The predicted octanol–water partition coefficient (Wildman–Crippen LogP) is 2.48. The van der Waals surface area contributed by atoms with E-state index in [0.717, 1.165) is 6.54 Å². The molecule has 0 aliphatic heterocycles. The number of rotatable bonds is 3. The van der Waals surface area contributed by atoms with Crippen molar-refractivity contribution in [2.45, 2.75) is 58.0 Å². The lowest BCUT2D eigenvalue weighted by atomic mass is 10.0. The van der Waals surface area contributed by atoms with Gasteiger partial charge in [0.25, 0.3) is 0 Å². The van der Waals surface area contributed by atoms with Crippen molar-refractivity contribution in [1.82, 2.24) is 14.9 Å². The lowest BCUT2D eigenvalue weighted by molar-refractivity contribution is 0.424. The maximum absolute atomic E-state index is 4.28. The highest BCUT2D eigenvalue weighted by Crippen LogP contribution is 2.48. The van der Waals surface area contributed by atoms with Gasteiger partial charge in [-0.15, -0.1) is 5.10 Å². The van der Waals surface area contributed by atoms with Crippen LogP contribution >= 0.6 is 11.5 Å². The van der Waals surface area contributed by atoms with Crippen molar-refractivity contribution in [3.8, 4) is 0 Å². The topological polar surface area (TPSA) is 37.8 Å². The van der Waals surface area contributed by atoms with Crippen molar-refractivity contribution >= 4 is 11.5 Å². The van der Waals surface area contributed by atoms with Gasteiger partial charge in [-0.3, -0.25) is 0 Å². The van der Waals surface area contributed by atoms with Gasteiger partial charge in [-0.1, -0.05) is 11.4 Å². The normalized spacial score (nSPS) is 19.2. The van der Waals surface area contributed by atoms with Gasteiger partial charge in [-0.05, 0) is 45.1 Å². The Morgan fingerprint density at radius 3 is 2.60 bits per heavy atom. The highest BCUT2D eigenvalue weighted by molar-refractivity contribution is 7.05. The first-order valence-corrected chi connectivity index (χ1v) is 6.25. The van der Waals surface area contributed by atoms with E-state index in [1.807, 2.05) is 0 Å². The zero-order valence-corrected chi connectivity index (χ0v) is 10.7. The van der Waals surface area contributed by atoms with Crippen molar-refractivity contribution in [3.63, 3.8) is 0 Å². The molecule has 0 unspecified atom stereocenters. The third-order valence-electron chi connectivity index (χ3n) is 2.91. The second-order valence-corrected chi connectivity index (χ2v) is 6.55. The average molecular weight is 225 g/mol. The largest absolute Gasteiger partial charge is 0.307 e. The smallest absolute Gasteiger partial charge is 0.0859 e. The first-order chi connectivity index (χ1) is 6.91. The first-order valence-electron chi connectivity index (χ1n) is 5.47. The van der Waals surface area contributed by atoms with E-state index in [1.54, 1.807) is 0 Å². The van der Waals surface area contributed by atoms with Crippen LogP contribution in [-0.2, 0) is 12.0 Å². The summed E-state index contributed by atoms with van der Waals surface area (Å²) in [5, 5.41) is 7.77. The van der Waals surface area contributed by atoms with E-state index < -0.39 is 0 Å². The fraction of sp³-hybridized carbons (Fsp3) is 0.818. The molecule has 0 bridgehead atoms. The molecule has 1 fully saturated rings. The Hall–Kier alpha value is -0.480. The molecule has 84 valence electrons. The summed E-state index contributed by atoms with van der Waals surface area (Å²) in [6.07, 6.45) is 2.53. The summed E-state index contributed by atoms with van der Waals surface area (Å²) in [6.45, 7) is 9.72. The van der Waals surface area contributed by atoms with Crippen LogP contribution in [0.3, 0.4) is 0 Å². The third kappa shape index (κ3) is 2.55. The molecule has 1 aromatic rings. The molecule has 1 aliphatic rings. The van der Waals surface area contributed by atoms with Gasteiger partial charge in [0.2, 0.25) is 0 Å². The molecule has 15 heavy (non-hydrogen) atoms. The third-order valence-corrected chi connectivity index (χ3v) is 3.63. The zero-order chi connectivity index (χ0) is 11.1. The van der Waals surface area contributed by atoms with E-state index in [9.17, 15) is 0 Å². The van der Waals surface area contributed by atoms with E-state index in [1.165, 1.54) is 34.9 Å². The molecule has 1 aliphatic carbocycles. The fourth-order valence-corrected chi connectivity index (χ4v) is 2.28. The van der Waals surface area contributed by atoms with Gasteiger partial charge in [-0.25, -0.2) is 0 Å². The average Bonchev–Trinajstić information content (AvgIpc) is 2.69. The van der Waals surface area contributed by atoms with Crippen molar-refractivity contribution in [2.75, 3.05) is 0 Å². The second kappa shape index (κ2) is 3.52. The Bertz CT molecular complexity index is 347. The van der Waals surface area contributed by atoms with Crippen LogP contribution in [0.5, 0.6) is 0 Å². The highest BCUT2D eigenvalue weighted by atomic mass is 32.1. The monoisotopic (exact) mass is 225 g/mol. The molecule has 0 aromatic carbocycles. The highest BCUT2D eigenvalue weighted by Gasteiger charge is 2.43. The molecule has 0 atom stereocenters. The Kier molecular flexibility index (Phi) is 2.59. The molecule has 0 saturated heterocycles. The van der Waals surface area contributed by atoms with Crippen LogP contribution in [0.4, 0.5) is 0 Å². The van der Waals surface area contributed by atoms with Gasteiger partial charge in [-0.2, -0.15) is 0 Å². The number of aromatic nitrogens is 2. The van der Waals surface area contributed by atoms with Gasteiger partial charge < -0.3 is 5.32 Å². The summed E-state index contributed by atoms with van der Waals surface area (Å²) in [5.41, 5.74) is 1.72. The summed E-state index contributed by atoms with van der Waals surface area (Å²) < 4.78 is 4.08. The lowest BCUT2D eigenvalue weighted by Gasteiger charge is -2.20. The molecular weight excluding hydrogens is 206 g/mol. The molecule has 3 nitrogen and oxygen atoms in total. The van der Waals surface area contributed by atoms with Crippen LogP contribution in [-0.4, -0.2) is 15.1 Å². The standard InChI is InChI=1S/C11H19N3S/c1-10(2,3)12-7-8-9(13-14-15-8)11(4)5-6-11/h12H,5-7H2,1-4H3. The molecule has 0 spiro atoms. The van der Waals surface area contributed by atoms with Crippen LogP contribution in [0, 0.1) is 0 Å². The zero-order valence-electron chi connectivity index (χ0n) is 9.92. The SMILES string of the molecule is CC(C)(C)NCc1snnc1C1(C)CC1. The van der Waals surface area contributed by atoms with Gasteiger partial charge in [0, 0.05) is 17.5 Å². The van der Waals surface area contributed by atoms with Crippen LogP contribution in [0.1, 0.15) is 51.1 Å². The fourth-order valence-electron chi connectivity index (χ4n) is 1.55. The minimum atomic E-state index is 0.158. The van der Waals surface area contributed by atoms with E-state index >= 15 is 0 Å². The molecule has 0 radical (unpaired) electrons. The molecule has 4 heteroatoms. The minimum Gasteiger partial charge on any atom is -0.307 e. The van der Waals surface area contributed by atoms with Crippen LogP contribution < -0.4 is 5.32 Å². The van der Waals surface area contributed by atoms with Crippen LogP contribution in [0.2, 0.25) is 0 Å². The van der Waals surface area contributed by atoms with Crippen molar-refractivity contribution in [2.24, 2.45) is 0 Å². The summed E-state index contributed by atoms with van der Waals surface area (Å²) >= 11 is 1.53. The molecule has 1 N–H and O–H groups in total. The predicted molar refractivity (Wildman–Crippen MR) is 63.1 cm³/mol. The summed E-state index contributed by atoms with van der Waals surface area (Å²) in [4.78, 5) is 1.31.